The second kappa shape index (κ2) is 8.31. The number of anilines is 1. The minimum Gasteiger partial charge on any atom is -0.506 e. The van der Waals surface area contributed by atoms with Crippen LogP contribution >= 0.6 is 31.9 Å². The van der Waals surface area contributed by atoms with E-state index in [4.69, 9.17) is 4.52 Å². The number of phenolic OH excluding ortho intramolecular Hbond substituents is 1. The van der Waals surface area contributed by atoms with Crippen LogP contribution in [0, 0.1) is 11.6 Å². The first kappa shape index (κ1) is 20.7. The largest absolute Gasteiger partial charge is 0.506 e. The summed E-state index contributed by atoms with van der Waals surface area (Å²) in [5, 5.41) is 13.7. The number of phenols is 1. The summed E-state index contributed by atoms with van der Waals surface area (Å²) in [6, 6.07) is 6.65. The Labute approximate surface area is 186 Å². The molecule has 11 heteroatoms. The number of rotatable bonds is 3. The third kappa shape index (κ3) is 4.04. The van der Waals surface area contributed by atoms with Crippen LogP contribution in [0.25, 0.3) is 11.4 Å². The van der Waals surface area contributed by atoms with Gasteiger partial charge in [-0.2, -0.15) is 4.98 Å². The van der Waals surface area contributed by atoms with Gasteiger partial charge in [0.1, 0.15) is 17.4 Å². The molecule has 1 N–H and O–H groups in total. The summed E-state index contributed by atoms with van der Waals surface area (Å²) in [6.07, 6.45) is 0. The van der Waals surface area contributed by atoms with E-state index in [1.165, 1.54) is 17.0 Å². The maximum atomic E-state index is 14.0. The lowest BCUT2D eigenvalue weighted by Gasteiger charge is -2.35. The number of benzene rings is 2. The number of halogens is 4. The van der Waals surface area contributed by atoms with Crippen LogP contribution in [0.1, 0.15) is 10.7 Å². The Morgan fingerprint density at radius 1 is 1.07 bits per heavy atom. The minimum absolute atomic E-state index is 0.0361. The Balaban J connectivity index is 1.45. The quantitative estimate of drug-likeness (QED) is 0.533. The van der Waals surface area contributed by atoms with Gasteiger partial charge in [-0.3, -0.25) is 4.79 Å². The van der Waals surface area contributed by atoms with Gasteiger partial charge in [-0.25, -0.2) is 8.78 Å². The number of hydrogen-bond donors (Lipinski definition) is 1. The average molecular weight is 544 g/mol. The molecule has 0 radical (unpaired) electrons. The standard InChI is InChI=1S/C19H14Br2F2N4O3/c20-12-7-10(8-13(21)16(12)28)17-24-18(30-25-17)19(29)27-5-3-26(4-6-27)15-2-1-11(22)9-14(15)23/h1-2,7-9,28H,3-6H2. The molecular formula is C19H14Br2F2N4O3. The second-order valence-corrected chi connectivity index (χ2v) is 8.30. The molecule has 0 atom stereocenters. The summed E-state index contributed by atoms with van der Waals surface area (Å²) in [7, 11) is 0. The molecule has 7 nitrogen and oxygen atoms in total. The van der Waals surface area contributed by atoms with Gasteiger partial charge >= 0.3 is 11.8 Å². The molecule has 0 bridgehead atoms. The van der Waals surface area contributed by atoms with E-state index in [1.54, 1.807) is 17.0 Å². The Bertz CT molecular complexity index is 1090. The number of amides is 1. The molecule has 2 aromatic carbocycles. The van der Waals surface area contributed by atoms with E-state index in [-0.39, 0.29) is 17.5 Å². The lowest BCUT2D eigenvalue weighted by atomic mass is 10.2. The highest BCUT2D eigenvalue weighted by Gasteiger charge is 2.27. The van der Waals surface area contributed by atoms with E-state index in [1.807, 2.05) is 0 Å². The Morgan fingerprint density at radius 3 is 2.37 bits per heavy atom. The molecule has 156 valence electrons. The van der Waals surface area contributed by atoms with Crippen molar-refractivity contribution in [1.29, 1.82) is 0 Å². The number of carbonyl (C=O) groups excluding carboxylic acids is 1. The summed E-state index contributed by atoms with van der Waals surface area (Å²) in [5.74, 6) is -1.62. The predicted molar refractivity (Wildman–Crippen MR) is 111 cm³/mol. The van der Waals surface area contributed by atoms with E-state index in [0.29, 0.717) is 46.4 Å². The topological polar surface area (TPSA) is 82.7 Å². The van der Waals surface area contributed by atoms with Crippen molar-refractivity contribution in [3.8, 4) is 17.1 Å². The number of hydrogen-bond acceptors (Lipinski definition) is 6. The molecule has 0 spiro atoms. The van der Waals surface area contributed by atoms with Crippen molar-refractivity contribution in [3.05, 3.63) is 56.8 Å². The Kier molecular flexibility index (Phi) is 5.74. The van der Waals surface area contributed by atoms with Gasteiger partial charge in [0.2, 0.25) is 5.82 Å². The van der Waals surface area contributed by atoms with Gasteiger partial charge in [0, 0.05) is 37.8 Å². The fraction of sp³-hybridized carbons (Fsp3) is 0.211. The molecule has 1 aliphatic rings. The second-order valence-electron chi connectivity index (χ2n) is 6.59. The number of piperazine rings is 1. The zero-order valence-electron chi connectivity index (χ0n) is 15.3. The summed E-state index contributed by atoms with van der Waals surface area (Å²) in [4.78, 5) is 20.2. The van der Waals surface area contributed by atoms with Crippen molar-refractivity contribution < 1.29 is 23.2 Å². The van der Waals surface area contributed by atoms with Crippen LogP contribution in [0.5, 0.6) is 5.75 Å². The molecule has 3 aromatic rings. The van der Waals surface area contributed by atoms with Gasteiger partial charge < -0.3 is 19.4 Å². The molecule has 1 aromatic heterocycles. The van der Waals surface area contributed by atoms with Crippen LogP contribution in [-0.2, 0) is 0 Å². The summed E-state index contributed by atoms with van der Waals surface area (Å²) in [6.45, 7) is 1.41. The van der Waals surface area contributed by atoms with Gasteiger partial charge in [-0.05, 0) is 56.1 Å². The highest BCUT2D eigenvalue weighted by molar-refractivity contribution is 9.11. The predicted octanol–water partition coefficient (Wildman–Crippen LogP) is 4.21. The van der Waals surface area contributed by atoms with Crippen LogP contribution in [0.2, 0.25) is 0 Å². The van der Waals surface area contributed by atoms with Crippen LogP contribution < -0.4 is 4.90 Å². The normalized spacial score (nSPS) is 14.3. The van der Waals surface area contributed by atoms with Crippen molar-refractivity contribution in [2.75, 3.05) is 31.1 Å². The maximum absolute atomic E-state index is 14.0. The summed E-state index contributed by atoms with van der Waals surface area (Å²) >= 11 is 6.47. The molecule has 2 heterocycles. The number of nitrogens with zero attached hydrogens (tertiary/aromatic N) is 4. The zero-order chi connectivity index (χ0) is 21.4. The highest BCUT2D eigenvalue weighted by atomic mass is 79.9. The van der Waals surface area contributed by atoms with Gasteiger partial charge in [-0.15, -0.1) is 0 Å². The molecule has 0 aliphatic carbocycles. The van der Waals surface area contributed by atoms with E-state index in [2.05, 4.69) is 42.0 Å². The van der Waals surface area contributed by atoms with Crippen molar-refractivity contribution in [1.82, 2.24) is 15.0 Å². The third-order valence-corrected chi connectivity index (χ3v) is 5.91. The van der Waals surface area contributed by atoms with Gasteiger partial charge in [0.25, 0.3) is 0 Å². The molecule has 1 fully saturated rings. The lowest BCUT2D eigenvalue weighted by molar-refractivity contribution is 0.0696. The summed E-state index contributed by atoms with van der Waals surface area (Å²) in [5.41, 5.74) is 0.845. The first-order valence-corrected chi connectivity index (χ1v) is 10.4. The fourth-order valence-electron chi connectivity index (χ4n) is 3.15. The van der Waals surface area contributed by atoms with Crippen LogP contribution in [0.4, 0.5) is 14.5 Å². The lowest BCUT2D eigenvalue weighted by Crippen LogP contribution is -2.49. The SMILES string of the molecule is O=C(c1nc(-c2cc(Br)c(O)c(Br)c2)no1)N1CCN(c2ccc(F)cc2F)CC1. The van der Waals surface area contributed by atoms with Gasteiger partial charge in [0.15, 0.2) is 0 Å². The Morgan fingerprint density at radius 2 is 1.73 bits per heavy atom. The van der Waals surface area contributed by atoms with Crippen molar-refractivity contribution in [2.45, 2.75) is 0 Å². The molecular weight excluding hydrogens is 530 g/mol. The van der Waals surface area contributed by atoms with Crippen LogP contribution in [0.3, 0.4) is 0 Å². The smallest absolute Gasteiger partial charge is 0.316 e. The van der Waals surface area contributed by atoms with Crippen molar-refractivity contribution in [3.63, 3.8) is 0 Å². The number of aromatic hydroxyl groups is 1. The molecule has 1 amide bonds. The molecule has 0 unspecified atom stereocenters. The minimum atomic E-state index is -0.637. The van der Waals surface area contributed by atoms with E-state index < -0.39 is 17.5 Å². The zero-order valence-corrected chi connectivity index (χ0v) is 18.5. The molecule has 4 rings (SSSR count). The van der Waals surface area contributed by atoms with Crippen LogP contribution in [-0.4, -0.2) is 52.2 Å². The van der Waals surface area contributed by atoms with E-state index >= 15 is 0 Å². The average Bonchev–Trinajstić information content (AvgIpc) is 3.21. The van der Waals surface area contributed by atoms with Gasteiger partial charge in [-0.1, -0.05) is 5.16 Å². The van der Waals surface area contributed by atoms with Crippen LogP contribution in [0.15, 0.2) is 43.8 Å². The number of carbonyl (C=O) groups is 1. The third-order valence-electron chi connectivity index (χ3n) is 4.70. The maximum Gasteiger partial charge on any atom is 0.316 e. The monoisotopic (exact) mass is 542 g/mol. The van der Waals surface area contributed by atoms with E-state index in [0.717, 1.165) is 6.07 Å². The van der Waals surface area contributed by atoms with Gasteiger partial charge in [0.05, 0.1) is 14.6 Å². The Hall–Kier alpha value is -2.53. The summed E-state index contributed by atoms with van der Waals surface area (Å²) < 4.78 is 33.1. The molecule has 1 saturated heterocycles. The molecule has 30 heavy (non-hydrogen) atoms. The first-order chi connectivity index (χ1) is 14.3. The highest BCUT2D eigenvalue weighted by Crippen LogP contribution is 2.36. The number of aromatic nitrogens is 2. The first-order valence-electron chi connectivity index (χ1n) is 8.85. The van der Waals surface area contributed by atoms with Crippen molar-refractivity contribution >= 4 is 43.5 Å². The van der Waals surface area contributed by atoms with Crippen molar-refractivity contribution in [2.24, 2.45) is 0 Å². The van der Waals surface area contributed by atoms with E-state index in [9.17, 15) is 18.7 Å². The molecule has 1 aliphatic heterocycles. The fourth-order valence-corrected chi connectivity index (χ4v) is 4.33. The molecule has 0 saturated carbocycles.